The van der Waals surface area contributed by atoms with Crippen molar-refractivity contribution in [2.45, 2.75) is 13.2 Å². The van der Waals surface area contributed by atoms with Gasteiger partial charge in [-0.2, -0.15) is 0 Å². The molecule has 0 N–H and O–H groups in total. The molecule has 0 unspecified atom stereocenters. The Balaban J connectivity index is 1.69. The van der Waals surface area contributed by atoms with Crippen molar-refractivity contribution >= 4 is 44.8 Å². The van der Waals surface area contributed by atoms with Gasteiger partial charge >= 0.3 is 0 Å². The van der Waals surface area contributed by atoms with Crippen molar-refractivity contribution in [3.8, 4) is 0 Å². The Morgan fingerprint density at radius 3 is 2.75 bits per heavy atom. The van der Waals surface area contributed by atoms with E-state index in [4.69, 9.17) is 27.9 Å². The third kappa shape index (κ3) is 2.94. The molecule has 0 radical (unpaired) electrons. The number of nitrogens with zero attached hydrogens (tertiary/aromatic N) is 2. The Morgan fingerprint density at radius 2 is 1.90 bits per heavy atom. The second-order valence-corrected chi connectivity index (χ2v) is 5.81. The first kappa shape index (κ1) is 13.8. The smallest absolute Gasteiger partial charge is 0.157 e. The highest BCUT2D eigenvalue weighted by molar-refractivity contribution is 7.16. The van der Waals surface area contributed by atoms with E-state index < -0.39 is 0 Å². The first-order chi connectivity index (χ1) is 9.74. The SMILES string of the molecule is Clc1ccccc1COCc1nc(Cl)c2ccsc2n1. The summed E-state index contributed by atoms with van der Waals surface area (Å²) in [7, 11) is 0. The molecule has 0 bridgehead atoms. The van der Waals surface area contributed by atoms with Crippen LogP contribution < -0.4 is 0 Å². The second kappa shape index (κ2) is 6.06. The van der Waals surface area contributed by atoms with E-state index in [1.54, 1.807) is 0 Å². The summed E-state index contributed by atoms with van der Waals surface area (Å²) in [5.74, 6) is 0.581. The number of hydrogen-bond donors (Lipinski definition) is 0. The highest BCUT2D eigenvalue weighted by Gasteiger charge is 2.07. The molecule has 3 nitrogen and oxygen atoms in total. The van der Waals surface area contributed by atoms with Crippen LogP contribution >= 0.6 is 34.5 Å². The molecule has 1 aromatic carbocycles. The molecule has 0 amide bonds. The van der Waals surface area contributed by atoms with Gasteiger partial charge in [-0.05, 0) is 23.1 Å². The minimum Gasteiger partial charge on any atom is -0.369 e. The van der Waals surface area contributed by atoms with Crippen LogP contribution in [-0.2, 0) is 18.0 Å². The van der Waals surface area contributed by atoms with Crippen molar-refractivity contribution in [2.24, 2.45) is 0 Å². The fourth-order valence-electron chi connectivity index (χ4n) is 1.79. The molecule has 0 atom stereocenters. The molecule has 0 saturated carbocycles. The van der Waals surface area contributed by atoms with Crippen molar-refractivity contribution in [1.29, 1.82) is 0 Å². The van der Waals surface area contributed by atoms with Gasteiger partial charge in [0, 0.05) is 10.4 Å². The van der Waals surface area contributed by atoms with E-state index in [0.29, 0.717) is 29.2 Å². The van der Waals surface area contributed by atoms with Gasteiger partial charge in [0.1, 0.15) is 16.6 Å². The van der Waals surface area contributed by atoms with Crippen LogP contribution in [0.1, 0.15) is 11.4 Å². The van der Waals surface area contributed by atoms with Crippen LogP contribution in [0.15, 0.2) is 35.7 Å². The van der Waals surface area contributed by atoms with E-state index in [-0.39, 0.29) is 0 Å². The molecule has 0 fully saturated rings. The van der Waals surface area contributed by atoms with E-state index in [1.165, 1.54) is 11.3 Å². The van der Waals surface area contributed by atoms with Gasteiger partial charge in [-0.25, -0.2) is 9.97 Å². The van der Waals surface area contributed by atoms with Gasteiger partial charge in [0.15, 0.2) is 5.82 Å². The second-order valence-electron chi connectivity index (χ2n) is 4.15. The highest BCUT2D eigenvalue weighted by Crippen LogP contribution is 2.25. The lowest BCUT2D eigenvalue weighted by atomic mass is 10.2. The van der Waals surface area contributed by atoms with Crippen LogP contribution in [0.25, 0.3) is 10.2 Å². The third-order valence-electron chi connectivity index (χ3n) is 2.77. The van der Waals surface area contributed by atoms with Gasteiger partial charge < -0.3 is 4.74 Å². The molecule has 102 valence electrons. The van der Waals surface area contributed by atoms with E-state index in [1.807, 2.05) is 35.7 Å². The lowest BCUT2D eigenvalue weighted by Gasteiger charge is -2.06. The fraction of sp³-hybridized carbons (Fsp3) is 0.143. The van der Waals surface area contributed by atoms with Crippen molar-refractivity contribution < 1.29 is 4.74 Å². The summed E-state index contributed by atoms with van der Waals surface area (Å²) < 4.78 is 5.60. The molecule has 0 spiro atoms. The maximum Gasteiger partial charge on any atom is 0.157 e. The Kier molecular flexibility index (Phi) is 4.17. The molecular formula is C14H10Cl2N2OS. The number of fused-ring (bicyclic) bond motifs is 1. The predicted octanol–water partition coefficient (Wildman–Crippen LogP) is 4.71. The maximum atomic E-state index is 6.10. The largest absolute Gasteiger partial charge is 0.369 e. The van der Waals surface area contributed by atoms with Gasteiger partial charge in [0.25, 0.3) is 0 Å². The van der Waals surface area contributed by atoms with E-state index in [2.05, 4.69) is 9.97 Å². The summed E-state index contributed by atoms with van der Waals surface area (Å²) in [4.78, 5) is 9.52. The lowest BCUT2D eigenvalue weighted by molar-refractivity contribution is 0.102. The normalized spacial score (nSPS) is 11.1. The summed E-state index contributed by atoms with van der Waals surface area (Å²) in [6, 6.07) is 9.50. The van der Waals surface area contributed by atoms with Gasteiger partial charge in [0.05, 0.1) is 6.61 Å². The third-order valence-corrected chi connectivity index (χ3v) is 4.23. The Bertz CT molecular complexity index is 745. The van der Waals surface area contributed by atoms with E-state index in [0.717, 1.165) is 15.8 Å². The zero-order valence-electron chi connectivity index (χ0n) is 10.3. The minimum atomic E-state index is 0.304. The maximum absolute atomic E-state index is 6.10. The Labute approximate surface area is 130 Å². The molecule has 0 aliphatic carbocycles. The van der Waals surface area contributed by atoms with Crippen LogP contribution in [0.3, 0.4) is 0 Å². The number of benzene rings is 1. The number of thiophene rings is 1. The van der Waals surface area contributed by atoms with Crippen LogP contribution in [0.2, 0.25) is 10.2 Å². The molecular weight excluding hydrogens is 315 g/mol. The number of halogens is 2. The molecule has 2 heterocycles. The predicted molar refractivity (Wildman–Crippen MR) is 82.4 cm³/mol. The van der Waals surface area contributed by atoms with Crippen LogP contribution in [0.5, 0.6) is 0 Å². The average molecular weight is 325 g/mol. The number of ether oxygens (including phenoxy) is 1. The zero-order valence-corrected chi connectivity index (χ0v) is 12.7. The minimum absolute atomic E-state index is 0.304. The Hall–Kier alpha value is -1.20. The number of aromatic nitrogens is 2. The summed E-state index contributed by atoms with van der Waals surface area (Å²) in [6.07, 6.45) is 0. The summed E-state index contributed by atoms with van der Waals surface area (Å²) in [5.41, 5.74) is 0.942. The molecule has 2 aromatic heterocycles. The molecule has 3 aromatic rings. The molecule has 3 rings (SSSR count). The Morgan fingerprint density at radius 1 is 1.05 bits per heavy atom. The van der Waals surface area contributed by atoms with E-state index in [9.17, 15) is 0 Å². The highest BCUT2D eigenvalue weighted by atomic mass is 35.5. The molecule has 20 heavy (non-hydrogen) atoms. The van der Waals surface area contributed by atoms with Gasteiger partial charge in [0.2, 0.25) is 0 Å². The van der Waals surface area contributed by atoms with Gasteiger partial charge in [-0.1, -0.05) is 41.4 Å². The number of hydrogen-bond acceptors (Lipinski definition) is 4. The van der Waals surface area contributed by atoms with Crippen molar-refractivity contribution in [1.82, 2.24) is 9.97 Å². The average Bonchev–Trinajstić information content (AvgIpc) is 2.90. The number of rotatable bonds is 4. The van der Waals surface area contributed by atoms with Crippen molar-refractivity contribution in [3.63, 3.8) is 0 Å². The van der Waals surface area contributed by atoms with Gasteiger partial charge in [-0.3, -0.25) is 0 Å². The lowest BCUT2D eigenvalue weighted by Crippen LogP contribution is -2.00. The quantitative estimate of drug-likeness (QED) is 0.651. The van der Waals surface area contributed by atoms with Crippen LogP contribution in [0, 0.1) is 0 Å². The summed E-state index contributed by atoms with van der Waals surface area (Å²) in [5, 5.41) is 3.99. The standard InChI is InChI=1S/C14H10Cl2N2OS/c15-11-4-2-1-3-9(11)7-19-8-12-17-13(16)10-5-6-20-14(10)18-12/h1-6H,7-8H2. The topological polar surface area (TPSA) is 35.0 Å². The summed E-state index contributed by atoms with van der Waals surface area (Å²) in [6.45, 7) is 0.724. The summed E-state index contributed by atoms with van der Waals surface area (Å²) >= 11 is 13.7. The monoisotopic (exact) mass is 324 g/mol. The zero-order chi connectivity index (χ0) is 13.9. The first-order valence-electron chi connectivity index (χ1n) is 5.95. The fourth-order valence-corrected chi connectivity index (χ4v) is 3.07. The first-order valence-corrected chi connectivity index (χ1v) is 7.58. The molecule has 0 aliphatic heterocycles. The molecule has 0 aliphatic rings. The molecule has 0 saturated heterocycles. The van der Waals surface area contributed by atoms with Crippen molar-refractivity contribution in [2.75, 3.05) is 0 Å². The van der Waals surface area contributed by atoms with E-state index >= 15 is 0 Å². The van der Waals surface area contributed by atoms with Crippen LogP contribution in [0.4, 0.5) is 0 Å². The van der Waals surface area contributed by atoms with Crippen molar-refractivity contribution in [3.05, 3.63) is 57.3 Å². The van der Waals surface area contributed by atoms with Gasteiger partial charge in [-0.15, -0.1) is 11.3 Å². The molecule has 6 heteroatoms. The van der Waals surface area contributed by atoms with Crippen LogP contribution in [-0.4, -0.2) is 9.97 Å².